The first-order chi connectivity index (χ1) is 9.40. The maximum absolute atomic E-state index is 13.6. The molecule has 0 unspecified atom stereocenters. The molecule has 0 spiro atoms. The van der Waals surface area contributed by atoms with E-state index in [1.165, 1.54) is 24.3 Å². The van der Waals surface area contributed by atoms with Crippen molar-refractivity contribution in [3.05, 3.63) is 56.8 Å². The van der Waals surface area contributed by atoms with Crippen molar-refractivity contribution in [2.75, 3.05) is 5.32 Å². The van der Waals surface area contributed by atoms with E-state index in [0.29, 0.717) is 0 Å². The SMILES string of the molecule is O=C(Nc1cc(Cl)c(O)c(Cl)c1)c1c(F)cccc1Cl. The minimum atomic E-state index is -0.745. The quantitative estimate of drug-likeness (QED) is 0.779. The summed E-state index contributed by atoms with van der Waals surface area (Å²) in [6.45, 7) is 0. The molecule has 0 bridgehead atoms. The number of phenols is 1. The molecule has 2 rings (SSSR count). The van der Waals surface area contributed by atoms with Gasteiger partial charge in [-0.15, -0.1) is 0 Å². The highest BCUT2D eigenvalue weighted by Crippen LogP contribution is 2.35. The number of hydrogen-bond donors (Lipinski definition) is 2. The Kier molecular flexibility index (Phi) is 4.38. The number of hydrogen-bond acceptors (Lipinski definition) is 2. The fourth-order valence-electron chi connectivity index (χ4n) is 1.55. The fourth-order valence-corrected chi connectivity index (χ4v) is 2.28. The Hall–Kier alpha value is -1.49. The summed E-state index contributed by atoms with van der Waals surface area (Å²) in [7, 11) is 0. The summed E-state index contributed by atoms with van der Waals surface area (Å²) in [5, 5.41) is 11.7. The zero-order chi connectivity index (χ0) is 14.9. The van der Waals surface area contributed by atoms with Crippen molar-refractivity contribution >= 4 is 46.4 Å². The Morgan fingerprint density at radius 2 is 1.70 bits per heavy atom. The molecule has 0 radical (unpaired) electrons. The number of carbonyl (C=O) groups is 1. The van der Waals surface area contributed by atoms with Gasteiger partial charge in [-0.1, -0.05) is 40.9 Å². The number of anilines is 1. The number of carbonyl (C=O) groups excluding carboxylic acids is 1. The van der Waals surface area contributed by atoms with Crippen LogP contribution in [0.15, 0.2) is 30.3 Å². The molecule has 2 N–H and O–H groups in total. The maximum atomic E-state index is 13.6. The van der Waals surface area contributed by atoms with Gasteiger partial charge in [0.1, 0.15) is 5.82 Å². The fraction of sp³-hybridized carbons (Fsp3) is 0. The van der Waals surface area contributed by atoms with Crippen molar-refractivity contribution in [3.63, 3.8) is 0 Å². The molecule has 2 aromatic rings. The van der Waals surface area contributed by atoms with Crippen LogP contribution in [0.3, 0.4) is 0 Å². The Morgan fingerprint density at radius 3 is 2.25 bits per heavy atom. The highest BCUT2D eigenvalue weighted by molar-refractivity contribution is 6.38. The monoisotopic (exact) mass is 333 g/mol. The second-order valence-electron chi connectivity index (χ2n) is 3.84. The van der Waals surface area contributed by atoms with E-state index in [-0.39, 0.29) is 32.1 Å². The second-order valence-corrected chi connectivity index (χ2v) is 5.06. The smallest absolute Gasteiger partial charge is 0.260 e. The molecule has 0 aliphatic heterocycles. The number of phenolic OH excluding ortho intramolecular Hbond substituents is 1. The first-order valence-electron chi connectivity index (χ1n) is 5.33. The Balaban J connectivity index is 2.33. The Labute approximate surface area is 128 Å². The van der Waals surface area contributed by atoms with Crippen LogP contribution in [0.4, 0.5) is 10.1 Å². The zero-order valence-electron chi connectivity index (χ0n) is 9.75. The lowest BCUT2D eigenvalue weighted by Crippen LogP contribution is -2.14. The van der Waals surface area contributed by atoms with Crippen LogP contribution in [0.2, 0.25) is 15.1 Å². The molecule has 2 aromatic carbocycles. The van der Waals surface area contributed by atoms with Gasteiger partial charge in [-0.2, -0.15) is 0 Å². The molecule has 0 aliphatic carbocycles. The number of amides is 1. The predicted octanol–water partition coefficient (Wildman–Crippen LogP) is 4.74. The molecular weight excluding hydrogens is 328 g/mol. The van der Waals surface area contributed by atoms with Gasteiger partial charge in [0.25, 0.3) is 5.91 Å². The van der Waals surface area contributed by atoms with Crippen molar-refractivity contribution in [2.24, 2.45) is 0 Å². The van der Waals surface area contributed by atoms with Crippen LogP contribution in [0.1, 0.15) is 10.4 Å². The van der Waals surface area contributed by atoms with Gasteiger partial charge in [0.05, 0.1) is 20.6 Å². The van der Waals surface area contributed by atoms with E-state index in [1.54, 1.807) is 0 Å². The molecule has 0 heterocycles. The maximum Gasteiger partial charge on any atom is 0.260 e. The standard InChI is InChI=1S/C13H7Cl3FNO2/c14-7-2-1-3-10(17)11(7)13(20)18-6-4-8(15)12(19)9(16)5-6/h1-5,19H,(H,18,20). The number of halogens is 4. The molecular formula is C13H7Cl3FNO2. The molecule has 0 aromatic heterocycles. The summed E-state index contributed by atoms with van der Waals surface area (Å²) in [6.07, 6.45) is 0. The van der Waals surface area contributed by atoms with E-state index < -0.39 is 11.7 Å². The Morgan fingerprint density at radius 1 is 1.10 bits per heavy atom. The molecule has 7 heteroatoms. The van der Waals surface area contributed by atoms with E-state index >= 15 is 0 Å². The van der Waals surface area contributed by atoms with Gasteiger partial charge < -0.3 is 10.4 Å². The Bertz CT molecular complexity index is 648. The van der Waals surface area contributed by atoms with Crippen molar-refractivity contribution in [1.82, 2.24) is 0 Å². The average Bonchev–Trinajstić information content (AvgIpc) is 2.35. The average molecular weight is 335 g/mol. The normalized spacial score (nSPS) is 10.4. The molecule has 1 amide bonds. The van der Waals surface area contributed by atoms with Crippen LogP contribution in [0.25, 0.3) is 0 Å². The summed E-state index contributed by atoms with van der Waals surface area (Å²) in [6, 6.07) is 6.49. The summed E-state index contributed by atoms with van der Waals surface area (Å²) in [5.41, 5.74) is -0.0726. The van der Waals surface area contributed by atoms with Gasteiger partial charge in [-0.05, 0) is 24.3 Å². The third-order valence-electron chi connectivity index (χ3n) is 2.46. The number of rotatable bonds is 2. The van der Waals surface area contributed by atoms with Crippen LogP contribution in [0.5, 0.6) is 5.75 Å². The van der Waals surface area contributed by atoms with Crippen molar-refractivity contribution in [1.29, 1.82) is 0 Å². The van der Waals surface area contributed by atoms with Gasteiger partial charge in [-0.3, -0.25) is 4.79 Å². The third-order valence-corrected chi connectivity index (χ3v) is 3.36. The van der Waals surface area contributed by atoms with E-state index in [2.05, 4.69) is 5.32 Å². The first kappa shape index (κ1) is 14.9. The zero-order valence-corrected chi connectivity index (χ0v) is 12.0. The molecule has 20 heavy (non-hydrogen) atoms. The van der Waals surface area contributed by atoms with E-state index in [1.807, 2.05) is 0 Å². The molecule has 0 fully saturated rings. The van der Waals surface area contributed by atoms with Gasteiger partial charge in [0.2, 0.25) is 0 Å². The van der Waals surface area contributed by atoms with Gasteiger partial charge in [0.15, 0.2) is 5.75 Å². The van der Waals surface area contributed by atoms with E-state index in [4.69, 9.17) is 34.8 Å². The van der Waals surface area contributed by atoms with Gasteiger partial charge in [0, 0.05) is 5.69 Å². The minimum absolute atomic E-state index is 0.0153. The van der Waals surface area contributed by atoms with Gasteiger partial charge in [-0.25, -0.2) is 4.39 Å². The number of benzene rings is 2. The summed E-state index contributed by atoms with van der Waals surface area (Å²) >= 11 is 17.2. The molecule has 3 nitrogen and oxygen atoms in total. The van der Waals surface area contributed by atoms with E-state index in [9.17, 15) is 14.3 Å². The van der Waals surface area contributed by atoms with Crippen LogP contribution in [0, 0.1) is 5.82 Å². The van der Waals surface area contributed by atoms with Crippen LogP contribution < -0.4 is 5.32 Å². The summed E-state index contributed by atoms with van der Waals surface area (Å²) in [5.74, 6) is -1.79. The van der Waals surface area contributed by atoms with Crippen molar-refractivity contribution < 1.29 is 14.3 Å². The molecule has 104 valence electrons. The minimum Gasteiger partial charge on any atom is -0.505 e. The first-order valence-corrected chi connectivity index (χ1v) is 6.47. The number of nitrogens with one attached hydrogen (secondary N) is 1. The second kappa shape index (κ2) is 5.87. The predicted molar refractivity (Wildman–Crippen MR) is 77.5 cm³/mol. The van der Waals surface area contributed by atoms with E-state index in [0.717, 1.165) is 6.07 Å². The van der Waals surface area contributed by atoms with Gasteiger partial charge >= 0.3 is 0 Å². The van der Waals surface area contributed by atoms with Crippen molar-refractivity contribution in [2.45, 2.75) is 0 Å². The molecule has 0 saturated heterocycles. The lowest BCUT2D eigenvalue weighted by atomic mass is 10.2. The van der Waals surface area contributed by atoms with Crippen molar-refractivity contribution in [3.8, 4) is 5.75 Å². The van der Waals surface area contributed by atoms with Crippen LogP contribution >= 0.6 is 34.8 Å². The summed E-state index contributed by atoms with van der Waals surface area (Å²) < 4.78 is 13.6. The largest absolute Gasteiger partial charge is 0.505 e. The lowest BCUT2D eigenvalue weighted by Gasteiger charge is -2.09. The number of aromatic hydroxyl groups is 1. The lowest BCUT2D eigenvalue weighted by molar-refractivity contribution is 0.102. The molecule has 0 aliphatic rings. The summed E-state index contributed by atoms with van der Waals surface area (Å²) in [4.78, 5) is 12.0. The third kappa shape index (κ3) is 2.98. The van der Waals surface area contributed by atoms with Crippen LogP contribution in [-0.2, 0) is 0 Å². The highest BCUT2D eigenvalue weighted by atomic mass is 35.5. The topological polar surface area (TPSA) is 49.3 Å². The highest BCUT2D eigenvalue weighted by Gasteiger charge is 2.17. The molecule has 0 atom stereocenters. The molecule has 0 saturated carbocycles. The van der Waals surface area contributed by atoms with Crippen LogP contribution in [-0.4, -0.2) is 11.0 Å².